The summed E-state index contributed by atoms with van der Waals surface area (Å²) in [5, 5.41) is 18.1. The van der Waals surface area contributed by atoms with Gasteiger partial charge in [-0.2, -0.15) is 5.10 Å². The van der Waals surface area contributed by atoms with Crippen LogP contribution in [0.1, 0.15) is 36.2 Å². The zero-order chi connectivity index (χ0) is 18.6. The molecule has 1 atom stereocenters. The fourth-order valence-electron chi connectivity index (χ4n) is 2.58. The van der Waals surface area contributed by atoms with E-state index in [1.54, 1.807) is 16.8 Å². The smallest absolute Gasteiger partial charge is 0.310 e. The molecule has 1 N–H and O–H groups in total. The summed E-state index contributed by atoms with van der Waals surface area (Å²) in [7, 11) is 1.83. The molecule has 0 bridgehead atoms. The highest BCUT2D eigenvalue weighted by molar-refractivity contribution is 5.76. The molecular formula is C17H22N4O4. The van der Waals surface area contributed by atoms with E-state index in [-0.39, 0.29) is 36.4 Å². The van der Waals surface area contributed by atoms with Crippen molar-refractivity contribution in [3.8, 4) is 5.75 Å². The Morgan fingerprint density at radius 3 is 2.76 bits per heavy atom. The van der Waals surface area contributed by atoms with Crippen LogP contribution in [0.15, 0.2) is 24.4 Å². The first-order valence-electron chi connectivity index (χ1n) is 7.95. The Balaban J connectivity index is 1.90. The normalized spacial score (nSPS) is 11.8. The fourth-order valence-corrected chi connectivity index (χ4v) is 2.58. The molecule has 1 heterocycles. The Kier molecular flexibility index (Phi) is 5.74. The highest BCUT2D eigenvalue weighted by atomic mass is 16.6. The molecule has 0 aliphatic heterocycles. The molecule has 25 heavy (non-hydrogen) atoms. The number of benzene rings is 1. The maximum absolute atomic E-state index is 12.1. The number of hydrogen-bond acceptors (Lipinski definition) is 5. The molecule has 8 heteroatoms. The molecule has 1 unspecified atom stereocenters. The van der Waals surface area contributed by atoms with E-state index in [0.717, 1.165) is 16.8 Å². The number of nitrogens with one attached hydrogen (secondary N) is 1. The molecule has 0 saturated carbocycles. The summed E-state index contributed by atoms with van der Waals surface area (Å²) in [5.74, 6) is -0.0139. The van der Waals surface area contributed by atoms with Crippen LogP contribution in [0.4, 0.5) is 5.69 Å². The van der Waals surface area contributed by atoms with E-state index in [0.29, 0.717) is 0 Å². The summed E-state index contributed by atoms with van der Waals surface area (Å²) in [6.07, 6.45) is 1.97. The minimum Gasteiger partial charge on any atom is -0.486 e. The van der Waals surface area contributed by atoms with E-state index in [1.807, 2.05) is 34.0 Å². The number of nitro groups is 1. The standard InChI is InChI=1S/C17H22N4O4/c1-11-5-6-15(21(23)24)16(9-11)25-8-7-17(22)18-12(2)14-10-20(4)19-13(14)3/h5-6,9-10,12H,7-8H2,1-4H3,(H,18,22). The van der Waals surface area contributed by atoms with Crippen LogP contribution in [-0.4, -0.2) is 27.2 Å². The van der Waals surface area contributed by atoms with Crippen molar-refractivity contribution in [2.24, 2.45) is 7.05 Å². The highest BCUT2D eigenvalue weighted by Gasteiger charge is 2.17. The number of carbonyl (C=O) groups is 1. The van der Waals surface area contributed by atoms with Gasteiger partial charge in [0.2, 0.25) is 5.91 Å². The predicted octanol–water partition coefficient (Wildman–Crippen LogP) is 2.59. The molecule has 0 fully saturated rings. The highest BCUT2D eigenvalue weighted by Crippen LogP contribution is 2.27. The van der Waals surface area contributed by atoms with Crippen molar-refractivity contribution in [1.29, 1.82) is 0 Å². The van der Waals surface area contributed by atoms with Crippen LogP contribution in [-0.2, 0) is 11.8 Å². The van der Waals surface area contributed by atoms with Gasteiger partial charge in [-0.25, -0.2) is 0 Å². The molecule has 8 nitrogen and oxygen atoms in total. The number of hydrogen-bond donors (Lipinski definition) is 1. The minimum absolute atomic E-state index is 0.0644. The number of ether oxygens (including phenoxy) is 1. The third-order valence-corrected chi connectivity index (χ3v) is 3.79. The summed E-state index contributed by atoms with van der Waals surface area (Å²) in [5.41, 5.74) is 2.56. The topological polar surface area (TPSA) is 99.3 Å². The van der Waals surface area contributed by atoms with Gasteiger partial charge >= 0.3 is 5.69 Å². The summed E-state index contributed by atoms with van der Waals surface area (Å²) in [6, 6.07) is 4.47. The molecule has 2 rings (SSSR count). The molecule has 1 amide bonds. The molecular weight excluding hydrogens is 324 g/mol. The van der Waals surface area contributed by atoms with Crippen molar-refractivity contribution in [2.45, 2.75) is 33.2 Å². The number of aryl methyl sites for hydroxylation is 3. The number of nitrogens with zero attached hydrogens (tertiary/aromatic N) is 3. The van der Waals surface area contributed by atoms with Crippen molar-refractivity contribution in [3.05, 3.63) is 51.3 Å². The van der Waals surface area contributed by atoms with Crippen molar-refractivity contribution < 1.29 is 14.5 Å². The summed E-state index contributed by atoms with van der Waals surface area (Å²) in [4.78, 5) is 22.6. The maximum atomic E-state index is 12.1. The van der Waals surface area contributed by atoms with Crippen LogP contribution in [0.2, 0.25) is 0 Å². The number of nitro benzene ring substituents is 1. The van der Waals surface area contributed by atoms with Crippen molar-refractivity contribution in [2.75, 3.05) is 6.61 Å². The van der Waals surface area contributed by atoms with Crippen LogP contribution in [0.5, 0.6) is 5.75 Å². The Labute approximate surface area is 145 Å². The molecule has 0 saturated heterocycles. The average Bonchev–Trinajstić information content (AvgIpc) is 2.85. The lowest BCUT2D eigenvalue weighted by Crippen LogP contribution is -2.28. The lowest BCUT2D eigenvalue weighted by atomic mass is 10.1. The first-order valence-corrected chi connectivity index (χ1v) is 7.95. The molecule has 0 aliphatic carbocycles. The second-order valence-electron chi connectivity index (χ2n) is 5.96. The largest absolute Gasteiger partial charge is 0.486 e. The monoisotopic (exact) mass is 346 g/mol. The third-order valence-electron chi connectivity index (χ3n) is 3.79. The molecule has 1 aromatic heterocycles. The van der Waals surface area contributed by atoms with Crippen molar-refractivity contribution in [3.63, 3.8) is 0 Å². The Morgan fingerprint density at radius 1 is 1.44 bits per heavy atom. The summed E-state index contributed by atoms with van der Waals surface area (Å²) < 4.78 is 7.15. The number of amides is 1. The fraction of sp³-hybridized carbons (Fsp3) is 0.412. The van der Waals surface area contributed by atoms with Gasteiger partial charge < -0.3 is 10.1 Å². The van der Waals surface area contributed by atoms with E-state index < -0.39 is 4.92 Å². The summed E-state index contributed by atoms with van der Waals surface area (Å²) in [6.45, 7) is 5.65. The Hall–Kier alpha value is -2.90. The SMILES string of the molecule is Cc1ccc([N+](=O)[O-])c(OCCC(=O)NC(C)c2cn(C)nc2C)c1. The maximum Gasteiger partial charge on any atom is 0.310 e. The first kappa shape index (κ1) is 18.4. The van der Waals surface area contributed by atoms with Gasteiger partial charge in [-0.15, -0.1) is 0 Å². The zero-order valence-corrected chi connectivity index (χ0v) is 14.8. The van der Waals surface area contributed by atoms with Gasteiger partial charge in [-0.3, -0.25) is 19.6 Å². The van der Waals surface area contributed by atoms with Gasteiger partial charge in [0.15, 0.2) is 5.75 Å². The van der Waals surface area contributed by atoms with E-state index in [2.05, 4.69) is 10.4 Å². The Bertz CT molecular complexity index is 785. The second kappa shape index (κ2) is 7.78. The zero-order valence-electron chi connectivity index (χ0n) is 14.8. The van der Waals surface area contributed by atoms with Crippen LogP contribution >= 0.6 is 0 Å². The molecule has 0 radical (unpaired) electrons. The summed E-state index contributed by atoms with van der Waals surface area (Å²) >= 11 is 0. The lowest BCUT2D eigenvalue weighted by molar-refractivity contribution is -0.385. The second-order valence-corrected chi connectivity index (χ2v) is 5.96. The molecule has 134 valence electrons. The van der Waals surface area contributed by atoms with E-state index >= 15 is 0 Å². The van der Waals surface area contributed by atoms with Gasteiger partial charge in [-0.05, 0) is 32.4 Å². The van der Waals surface area contributed by atoms with Gasteiger partial charge in [0, 0.05) is 24.9 Å². The van der Waals surface area contributed by atoms with Gasteiger partial charge in [0.25, 0.3) is 0 Å². The molecule has 2 aromatic rings. The van der Waals surface area contributed by atoms with Crippen LogP contribution in [0, 0.1) is 24.0 Å². The van der Waals surface area contributed by atoms with Crippen LogP contribution in [0.25, 0.3) is 0 Å². The van der Waals surface area contributed by atoms with Crippen molar-refractivity contribution in [1.82, 2.24) is 15.1 Å². The van der Waals surface area contributed by atoms with E-state index in [9.17, 15) is 14.9 Å². The third kappa shape index (κ3) is 4.79. The number of carbonyl (C=O) groups excluding carboxylic acids is 1. The first-order chi connectivity index (χ1) is 11.8. The van der Waals surface area contributed by atoms with Crippen molar-refractivity contribution >= 4 is 11.6 Å². The quantitative estimate of drug-likeness (QED) is 0.613. The van der Waals surface area contributed by atoms with Gasteiger partial charge in [0.05, 0.1) is 29.7 Å². The van der Waals surface area contributed by atoms with Crippen LogP contribution < -0.4 is 10.1 Å². The number of rotatable bonds is 7. The lowest BCUT2D eigenvalue weighted by Gasteiger charge is -2.13. The van der Waals surface area contributed by atoms with E-state index in [1.165, 1.54) is 6.07 Å². The molecule has 0 aliphatic rings. The van der Waals surface area contributed by atoms with Gasteiger partial charge in [0.1, 0.15) is 0 Å². The average molecular weight is 346 g/mol. The number of aromatic nitrogens is 2. The minimum atomic E-state index is -0.498. The molecule has 0 spiro atoms. The molecule has 1 aromatic carbocycles. The van der Waals surface area contributed by atoms with E-state index in [4.69, 9.17) is 4.74 Å². The van der Waals surface area contributed by atoms with Crippen LogP contribution in [0.3, 0.4) is 0 Å². The predicted molar refractivity (Wildman–Crippen MR) is 92.4 cm³/mol. The van der Waals surface area contributed by atoms with Gasteiger partial charge in [-0.1, -0.05) is 6.07 Å². The Morgan fingerprint density at radius 2 is 2.16 bits per heavy atom.